The highest BCUT2D eigenvalue weighted by molar-refractivity contribution is 8.00. The number of furan rings is 1. The first kappa shape index (κ1) is 19.2. The summed E-state index contributed by atoms with van der Waals surface area (Å²) in [4.78, 5) is 23.8. The Labute approximate surface area is 163 Å². The first-order valence-corrected chi connectivity index (χ1v) is 10.00. The number of rotatable bonds is 7. The summed E-state index contributed by atoms with van der Waals surface area (Å²) in [6, 6.07) is 7.31. The molecule has 10 heteroatoms. The second-order valence-electron chi connectivity index (χ2n) is 5.12. The number of carbonyl (C=O) groups excluding carboxylic acids is 2. The average molecular weight is 407 g/mol. The van der Waals surface area contributed by atoms with Crippen molar-refractivity contribution in [3.63, 3.8) is 0 Å². The fraction of sp³-hybridized carbons (Fsp3) is 0.294. The van der Waals surface area contributed by atoms with Crippen LogP contribution in [0.2, 0.25) is 0 Å². The molecule has 0 radical (unpaired) electrons. The van der Waals surface area contributed by atoms with E-state index in [1.807, 2.05) is 18.2 Å². The van der Waals surface area contributed by atoms with Crippen molar-refractivity contribution in [3.8, 4) is 0 Å². The number of hydrogen-bond donors (Lipinski definition) is 1. The highest BCUT2D eigenvalue weighted by atomic mass is 32.2. The third-order valence-electron chi connectivity index (χ3n) is 3.37. The zero-order valence-electron chi connectivity index (χ0n) is 14.7. The van der Waals surface area contributed by atoms with E-state index in [4.69, 9.17) is 13.9 Å². The van der Waals surface area contributed by atoms with Crippen LogP contribution in [0.4, 0.5) is 9.93 Å². The van der Waals surface area contributed by atoms with Crippen LogP contribution in [0.3, 0.4) is 0 Å². The van der Waals surface area contributed by atoms with Crippen molar-refractivity contribution in [1.29, 1.82) is 0 Å². The maximum Gasteiger partial charge on any atom is 0.413 e. The average Bonchev–Trinajstić information content (AvgIpc) is 3.24. The Balaban J connectivity index is 1.75. The molecular formula is C17H17N3O5S2. The van der Waals surface area contributed by atoms with Crippen molar-refractivity contribution in [1.82, 2.24) is 10.2 Å². The predicted octanol–water partition coefficient (Wildman–Crippen LogP) is 4.32. The number of thioether (sulfide) groups is 1. The predicted molar refractivity (Wildman–Crippen MR) is 102 cm³/mol. The smallest absolute Gasteiger partial charge is 0.413 e. The molecule has 3 rings (SSSR count). The minimum atomic E-state index is -0.577. The molecule has 0 atom stereocenters. The van der Waals surface area contributed by atoms with Gasteiger partial charge in [-0.15, -0.1) is 10.2 Å². The molecule has 2 heterocycles. The zero-order chi connectivity index (χ0) is 19.2. The number of benzene rings is 1. The number of carbonyl (C=O) groups is 2. The summed E-state index contributed by atoms with van der Waals surface area (Å²) >= 11 is 2.56. The molecule has 0 bridgehead atoms. The molecule has 27 heavy (non-hydrogen) atoms. The Hall–Kier alpha value is -2.59. The van der Waals surface area contributed by atoms with Gasteiger partial charge in [0, 0.05) is 5.39 Å². The lowest BCUT2D eigenvalue weighted by Crippen LogP contribution is -2.12. The number of ether oxygens (including phenoxy) is 2. The number of hydrogen-bond acceptors (Lipinski definition) is 9. The normalized spacial score (nSPS) is 10.7. The van der Waals surface area contributed by atoms with Crippen LogP contribution in [0.15, 0.2) is 33.0 Å². The maximum atomic E-state index is 12.4. The van der Waals surface area contributed by atoms with Gasteiger partial charge in [0.1, 0.15) is 16.9 Å². The van der Waals surface area contributed by atoms with Gasteiger partial charge < -0.3 is 13.9 Å². The van der Waals surface area contributed by atoms with Gasteiger partial charge >= 0.3 is 12.1 Å². The summed E-state index contributed by atoms with van der Waals surface area (Å²) in [5.41, 5.74) is 1.05. The molecule has 0 unspecified atom stereocenters. The molecule has 1 amide bonds. The first-order chi connectivity index (χ1) is 13.1. The van der Waals surface area contributed by atoms with Crippen LogP contribution >= 0.6 is 23.1 Å². The fourth-order valence-corrected chi connectivity index (χ4v) is 3.99. The Bertz CT molecular complexity index is 953. The molecule has 0 saturated carbocycles. The van der Waals surface area contributed by atoms with Gasteiger partial charge in [-0.25, -0.2) is 9.59 Å². The Morgan fingerprint density at radius 2 is 1.96 bits per heavy atom. The summed E-state index contributed by atoms with van der Waals surface area (Å²) in [6.07, 6.45) is -0.577. The van der Waals surface area contributed by atoms with Gasteiger partial charge in [0.2, 0.25) is 5.13 Å². The lowest BCUT2D eigenvalue weighted by atomic mass is 10.1. The van der Waals surface area contributed by atoms with E-state index in [0.29, 0.717) is 37.5 Å². The van der Waals surface area contributed by atoms with Gasteiger partial charge in [0.05, 0.1) is 19.0 Å². The molecule has 0 aliphatic rings. The van der Waals surface area contributed by atoms with E-state index < -0.39 is 12.1 Å². The number of para-hydroxylation sites is 1. The van der Waals surface area contributed by atoms with Gasteiger partial charge in [0.25, 0.3) is 0 Å². The number of esters is 1. The van der Waals surface area contributed by atoms with Gasteiger partial charge in [-0.1, -0.05) is 41.3 Å². The molecule has 142 valence electrons. The van der Waals surface area contributed by atoms with E-state index in [9.17, 15) is 9.59 Å². The van der Waals surface area contributed by atoms with Crippen molar-refractivity contribution < 1.29 is 23.5 Å². The van der Waals surface area contributed by atoms with Crippen LogP contribution in [-0.2, 0) is 15.2 Å². The number of anilines is 1. The molecule has 1 N–H and O–H groups in total. The van der Waals surface area contributed by atoms with E-state index >= 15 is 0 Å². The van der Waals surface area contributed by atoms with Crippen LogP contribution in [-0.4, -0.2) is 35.5 Å². The summed E-state index contributed by atoms with van der Waals surface area (Å²) in [5, 5.41) is 11.5. The van der Waals surface area contributed by atoms with Crippen LogP contribution in [0.1, 0.15) is 30.0 Å². The third kappa shape index (κ3) is 4.58. The van der Waals surface area contributed by atoms with Crippen LogP contribution in [0.25, 0.3) is 11.0 Å². The Morgan fingerprint density at radius 3 is 2.74 bits per heavy atom. The largest absolute Gasteiger partial charge is 0.462 e. The second-order valence-corrected chi connectivity index (χ2v) is 7.32. The highest BCUT2D eigenvalue weighted by Gasteiger charge is 2.22. The molecule has 3 aromatic rings. The fourth-order valence-electron chi connectivity index (χ4n) is 2.33. The summed E-state index contributed by atoms with van der Waals surface area (Å²) < 4.78 is 16.4. The third-order valence-corrected chi connectivity index (χ3v) is 5.34. The van der Waals surface area contributed by atoms with Crippen LogP contribution in [0.5, 0.6) is 0 Å². The molecule has 2 aromatic heterocycles. The monoisotopic (exact) mass is 407 g/mol. The van der Waals surface area contributed by atoms with Crippen molar-refractivity contribution in [2.75, 3.05) is 18.5 Å². The number of amides is 1. The summed E-state index contributed by atoms with van der Waals surface area (Å²) in [5.74, 6) is 0.464. The summed E-state index contributed by atoms with van der Waals surface area (Å²) in [7, 11) is 0. The number of nitrogens with one attached hydrogen (secondary N) is 1. The highest BCUT2D eigenvalue weighted by Crippen LogP contribution is 2.33. The minimum absolute atomic E-state index is 0.273. The number of aromatic nitrogens is 2. The van der Waals surface area contributed by atoms with Crippen LogP contribution < -0.4 is 5.32 Å². The molecule has 1 aromatic carbocycles. The van der Waals surface area contributed by atoms with Gasteiger partial charge in [0.15, 0.2) is 4.34 Å². The standard InChI is InChI=1S/C17H17N3O5S2/c1-3-23-14(21)13-10-7-5-6-8-11(10)25-12(13)9-26-17-20-19-15(27-17)18-16(22)24-4-2/h5-8H,3-4,9H2,1-2H3,(H,18,19,22). The van der Waals surface area contributed by atoms with E-state index in [-0.39, 0.29) is 13.2 Å². The molecule has 0 aliphatic carbocycles. The van der Waals surface area contributed by atoms with E-state index in [1.165, 1.54) is 23.1 Å². The van der Waals surface area contributed by atoms with E-state index in [1.54, 1.807) is 19.9 Å². The number of fused-ring (bicyclic) bond motifs is 1. The number of nitrogens with zero attached hydrogens (tertiary/aromatic N) is 2. The maximum absolute atomic E-state index is 12.4. The van der Waals surface area contributed by atoms with Crippen molar-refractivity contribution in [2.24, 2.45) is 0 Å². The molecule has 0 fully saturated rings. The molecule has 0 spiro atoms. The van der Waals surface area contributed by atoms with E-state index in [0.717, 1.165) is 0 Å². The minimum Gasteiger partial charge on any atom is -0.462 e. The van der Waals surface area contributed by atoms with Crippen LogP contribution in [0, 0.1) is 0 Å². The lowest BCUT2D eigenvalue weighted by molar-refractivity contribution is 0.0526. The molecular weight excluding hydrogens is 390 g/mol. The topological polar surface area (TPSA) is 104 Å². The SMILES string of the molecule is CCOC(=O)Nc1nnc(SCc2oc3ccccc3c2C(=O)OCC)s1. The van der Waals surface area contributed by atoms with Gasteiger partial charge in [-0.3, -0.25) is 5.32 Å². The van der Waals surface area contributed by atoms with Crippen molar-refractivity contribution >= 4 is 51.3 Å². The summed E-state index contributed by atoms with van der Waals surface area (Å²) in [6.45, 7) is 4.03. The lowest BCUT2D eigenvalue weighted by Gasteiger charge is -2.02. The quantitative estimate of drug-likeness (QED) is 0.351. The van der Waals surface area contributed by atoms with Gasteiger partial charge in [-0.2, -0.15) is 0 Å². The Morgan fingerprint density at radius 1 is 1.19 bits per heavy atom. The molecule has 0 aliphatic heterocycles. The van der Waals surface area contributed by atoms with E-state index in [2.05, 4.69) is 15.5 Å². The van der Waals surface area contributed by atoms with Gasteiger partial charge in [-0.05, 0) is 19.9 Å². The Kier molecular flexibility index (Phi) is 6.30. The zero-order valence-corrected chi connectivity index (χ0v) is 16.3. The molecule has 0 saturated heterocycles. The molecule has 8 nitrogen and oxygen atoms in total. The second kappa shape index (κ2) is 8.87. The first-order valence-electron chi connectivity index (χ1n) is 8.20. The van der Waals surface area contributed by atoms with Crippen molar-refractivity contribution in [2.45, 2.75) is 23.9 Å². The van der Waals surface area contributed by atoms with Crippen molar-refractivity contribution in [3.05, 3.63) is 35.6 Å².